The van der Waals surface area contributed by atoms with Crippen LogP contribution in [0.1, 0.15) is 11.3 Å². The maximum Gasteiger partial charge on any atom is 0.203 e. The minimum Gasteiger partial charge on any atom is -0.253 e. The van der Waals surface area contributed by atoms with Crippen LogP contribution in [0.4, 0.5) is 9.52 Å². The third kappa shape index (κ3) is 3.07. The van der Waals surface area contributed by atoms with Crippen molar-refractivity contribution < 1.29 is 4.39 Å². The van der Waals surface area contributed by atoms with E-state index in [2.05, 4.69) is 31.4 Å². The summed E-state index contributed by atoms with van der Waals surface area (Å²) in [5, 5.41) is 6.82. The first kappa shape index (κ1) is 13.5. The van der Waals surface area contributed by atoms with E-state index in [-0.39, 0.29) is 4.47 Å². The summed E-state index contributed by atoms with van der Waals surface area (Å²) in [4.78, 5) is 4.17. The van der Waals surface area contributed by atoms with Crippen LogP contribution in [0, 0.1) is 12.7 Å². The van der Waals surface area contributed by atoms with Crippen molar-refractivity contribution in [3.63, 3.8) is 0 Å². The van der Waals surface area contributed by atoms with Crippen molar-refractivity contribution in [2.24, 2.45) is 5.10 Å². The fourth-order valence-electron chi connectivity index (χ4n) is 1.20. The van der Waals surface area contributed by atoms with E-state index in [4.69, 9.17) is 11.6 Å². The Balaban J connectivity index is 2.12. The fourth-order valence-corrected chi connectivity index (χ4v) is 2.35. The first-order valence-electron chi connectivity index (χ1n) is 4.92. The molecule has 0 saturated heterocycles. The van der Waals surface area contributed by atoms with Crippen molar-refractivity contribution in [2.45, 2.75) is 6.92 Å². The Morgan fingerprint density at radius 2 is 2.33 bits per heavy atom. The molecule has 0 atom stereocenters. The fraction of sp³-hybridized carbons (Fsp3) is 0.0909. The van der Waals surface area contributed by atoms with E-state index in [0.29, 0.717) is 15.7 Å². The summed E-state index contributed by atoms with van der Waals surface area (Å²) in [5.41, 5.74) is 3.99. The number of thiazole rings is 1. The molecule has 0 radical (unpaired) electrons. The van der Waals surface area contributed by atoms with Crippen LogP contribution in [-0.2, 0) is 0 Å². The Hall–Kier alpha value is -0.980. The zero-order valence-electron chi connectivity index (χ0n) is 9.25. The molecule has 1 heterocycles. The van der Waals surface area contributed by atoms with Gasteiger partial charge in [-0.3, -0.25) is 5.43 Å². The lowest BCUT2D eigenvalue weighted by Crippen LogP contribution is -1.94. The third-order valence-corrected chi connectivity index (χ3v) is 4.23. The molecule has 1 aromatic carbocycles. The average molecular weight is 349 g/mol. The molecule has 2 aromatic rings. The monoisotopic (exact) mass is 347 g/mol. The molecule has 0 aliphatic rings. The predicted molar refractivity (Wildman–Crippen MR) is 77.2 cm³/mol. The molecule has 0 unspecified atom stereocenters. The van der Waals surface area contributed by atoms with E-state index in [1.807, 2.05) is 12.3 Å². The van der Waals surface area contributed by atoms with E-state index >= 15 is 0 Å². The molecule has 0 fully saturated rings. The van der Waals surface area contributed by atoms with Crippen LogP contribution >= 0.6 is 38.9 Å². The molecular weight excluding hydrogens is 341 g/mol. The molecule has 7 heteroatoms. The number of nitrogens with one attached hydrogen (secondary N) is 1. The first-order valence-corrected chi connectivity index (χ1v) is 6.97. The highest BCUT2D eigenvalue weighted by atomic mass is 79.9. The molecule has 3 nitrogen and oxygen atoms in total. The number of hydrogen-bond donors (Lipinski definition) is 1. The van der Waals surface area contributed by atoms with Crippen LogP contribution in [0.2, 0.25) is 5.02 Å². The summed E-state index contributed by atoms with van der Waals surface area (Å²) >= 11 is 10.3. The Bertz CT molecular complexity index is 600. The summed E-state index contributed by atoms with van der Waals surface area (Å²) in [6.45, 7) is 1.89. The lowest BCUT2D eigenvalue weighted by molar-refractivity contribution is 0.619. The van der Waals surface area contributed by atoms with Crippen molar-refractivity contribution in [3.05, 3.63) is 44.1 Å². The third-order valence-electron chi connectivity index (χ3n) is 2.05. The minimum absolute atomic E-state index is 0.234. The normalized spacial score (nSPS) is 11.1. The molecule has 0 spiro atoms. The molecule has 1 aromatic heterocycles. The van der Waals surface area contributed by atoms with Crippen LogP contribution in [0.5, 0.6) is 0 Å². The summed E-state index contributed by atoms with van der Waals surface area (Å²) in [7, 11) is 0. The second-order valence-electron chi connectivity index (χ2n) is 3.43. The maximum atomic E-state index is 13.7. The second-order valence-corrected chi connectivity index (χ2v) is 5.49. The highest BCUT2D eigenvalue weighted by Crippen LogP contribution is 2.26. The number of hydrazone groups is 1. The number of aromatic nitrogens is 1. The lowest BCUT2D eigenvalue weighted by Gasteiger charge is -2.01. The highest BCUT2D eigenvalue weighted by molar-refractivity contribution is 9.10. The number of hydrogen-bond acceptors (Lipinski definition) is 4. The second kappa shape index (κ2) is 5.77. The van der Waals surface area contributed by atoms with Gasteiger partial charge in [0.25, 0.3) is 0 Å². The zero-order valence-corrected chi connectivity index (χ0v) is 12.4. The van der Waals surface area contributed by atoms with Crippen LogP contribution in [0.15, 0.2) is 27.1 Å². The zero-order chi connectivity index (χ0) is 13.1. The molecule has 2 rings (SSSR count). The van der Waals surface area contributed by atoms with Crippen LogP contribution in [0.25, 0.3) is 0 Å². The molecule has 0 amide bonds. The lowest BCUT2D eigenvalue weighted by atomic mass is 10.2. The Morgan fingerprint density at radius 3 is 3.00 bits per heavy atom. The van der Waals surface area contributed by atoms with Gasteiger partial charge in [-0.25, -0.2) is 9.37 Å². The van der Waals surface area contributed by atoms with Gasteiger partial charge in [-0.15, -0.1) is 11.3 Å². The topological polar surface area (TPSA) is 37.3 Å². The molecule has 0 bridgehead atoms. The van der Waals surface area contributed by atoms with E-state index < -0.39 is 5.82 Å². The van der Waals surface area contributed by atoms with Gasteiger partial charge in [0.1, 0.15) is 5.82 Å². The van der Waals surface area contributed by atoms with Gasteiger partial charge >= 0.3 is 0 Å². The van der Waals surface area contributed by atoms with Crippen LogP contribution in [-0.4, -0.2) is 11.2 Å². The minimum atomic E-state index is -0.441. The highest BCUT2D eigenvalue weighted by Gasteiger charge is 2.08. The molecule has 1 N–H and O–H groups in total. The van der Waals surface area contributed by atoms with E-state index in [1.165, 1.54) is 17.6 Å². The van der Waals surface area contributed by atoms with Crippen molar-refractivity contribution in [2.75, 3.05) is 5.43 Å². The van der Waals surface area contributed by atoms with E-state index in [0.717, 1.165) is 5.69 Å². The van der Waals surface area contributed by atoms with Crippen LogP contribution < -0.4 is 5.43 Å². The van der Waals surface area contributed by atoms with Gasteiger partial charge in [-0.1, -0.05) is 11.6 Å². The van der Waals surface area contributed by atoms with Crippen LogP contribution in [0.3, 0.4) is 0 Å². The SMILES string of the molecule is Cc1csc(NN=Cc2ccc(Cl)c(Br)c2F)n1. The Labute approximate surface area is 121 Å². The Kier molecular flexibility index (Phi) is 4.31. The molecular formula is C11H8BrClFN3S. The van der Waals surface area contributed by atoms with Crippen molar-refractivity contribution >= 4 is 50.2 Å². The van der Waals surface area contributed by atoms with Gasteiger partial charge in [0.15, 0.2) is 0 Å². The number of aryl methyl sites for hydroxylation is 1. The van der Waals surface area contributed by atoms with Gasteiger partial charge in [-0.05, 0) is 35.0 Å². The number of nitrogens with zero attached hydrogens (tertiary/aromatic N) is 2. The smallest absolute Gasteiger partial charge is 0.203 e. The summed E-state index contributed by atoms with van der Waals surface area (Å²) in [5.74, 6) is -0.441. The summed E-state index contributed by atoms with van der Waals surface area (Å²) < 4.78 is 14.0. The van der Waals surface area contributed by atoms with Crippen molar-refractivity contribution in [1.82, 2.24) is 4.98 Å². The molecule has 18 heavy (non-hydrogen) atoms. The number of halogens is 3. The van der Waals surface area contributed by atoms with Gasteiger partial charge in [-0.2, -0.15) is 5.10 Å². The Morgan fingerprint density at radius 1 is 1.56 bits per heavy atom. The predicted octanol–water partition coefficient (Wildman–Crippen LogP) is 4.45. The number of anilines is 1. The van der Waals surface area contributed by atoms with Gasteiger partial charge in [0.2, 0.25) is 5.13 Å². The molecule has 0 aliphatic heterocycles. The van der Waals surface area contributed by atoms with Gasteiger partial charge in [0, 0.05) is 10.9 Å². The first-order chi connectivity index (χ1) is 8.58. The van der Waals surface area contributed by atoms with Crippen molar-refractivity contribution in [1.29, 1.82) is 0 Å². The van der Waals surface area contributed by atoms with E-state index in [9.17, 15) is 4.39 Å². The maximum absolute atomic E-state index is 13.7. The van der Waals surface area contributed by atoms with Gasteiger partial charge in [0.05, 0.1) is 21.4 Å². The number of benzene rings is 1. The van der Waals surface area contributed by atoms with E-state index in [1.54, 1.807) is 12.1 Å². The quantitative estimate of drug-likeness (QED) is 0.505. The summed E-state index contributed by atoms with van der Waals surface area (Å²) in [6.07, 6.45) is 1.38. The molecule has 0 aliphatic carbocycles. The van der Waals surface area contributed by atoms with Crippen molar-refractivity contribution in [3.8, 4) is 0 Å². The largest absolute Gasteiger partial charge is 0.253 e. The van der Waals surface area contributed by atoms with Gasteiger partial charge < -0.3 is 0 Å². The summed E-state index contributed by atoms with van der Waals surface area (Å²) in [6, 6.07) is 3.16. The number of rotatable bonds is 3. The standard InChI is InChI=1S/C11H8BrClFN3S/c1-6-5-18-11(16-6)17-15-4-7-2-3-8(13)9(12)10(7)14/h2-5H,1H3,(H,16,17). The average Bonchev–Trinajstić information content (AvgIpc) is 2.75. The molecule has 0 saturated carbocycles. The molecule has 94 valence electrons.